The number of benzene rings is 1. The molecule has 1 fully saturated rings. The van der Waals surface area contributed by atoms with Crippen LogP contribution in [0.3, 0.4) is 0 Å². The fourth-order valence-corrected chi connectivity index (χ4v) is 3.37. The van der Waals surface area contributed by atoms with Gasteiger partial charge in [-0.2, -0.15) is 0 Å². The predicted molar refractivity (Wildman–Crippen MR) is 94.7 cm³/mol. The van der Waals surface area contributed by atoms with Gasteiger partial charge in [0.25, 0.3) is 0 Å². The van der Waals surface area contributed by atoms with Gasteiger partial charge in [0.15, 0.2) is 0 Å². The van der Waals surface area contributed by atoms with Crippen molar-refractivity contribution >= 4 is 11.9 Å². The van der Waals surface area contributed by atoms with Crippen molar-refractivity contribution in [2.75, 3.05) is 13.7 Å². The van der Waals surface area contributed by atoms with Crippen LogP contribution in [0.25, 0.3) is 0 Å². The van der Waals surface area contributed by atoms with E-state index in [9.17, 15) is 9.59 Å². The molecule has 0 unspecified atom stereocenters. The number of hydrogen-bond acceptors (Lipinski definition) is 3. The molecule has 1 amide bonds. The molecule has 1 aliphatic rings. The van der Waals surface area contributed by atoms with Crippen molar-refractivity contribution in [3.63, 3.8) is 0 Å². The van der Waals surface area contributed by atoms with Crippen molar-refractivity contribution < 1.29 is 14.3 Å². The summed E-state index contributed by atoms with van der Waals surface area (Å²) in [6.45, 7) is 2.54. The maximum absolute atomic E-state index is 12.8. The van der Waals surface area contributed by atoms with Crippen LogP contribution in [0, 0.1) is 6.92 Å². The van der Waals surface area contributed by atoms with Gasteiger partial charge in [-0.25, -0.2) is 0 Å². The number of ether oxygens (including phenoxy) is 1. The normalized spacial score (nSPS) is 15.1. The highest BCUT2D eigenvalue weighted by Gasteiger charge is 2.25. The zero-order chi connectivity index (χ0) is 17.4. The second-order valence-electron chi connectivity index (χ2n) is 6.69. The molecule has 1 aromatic rings. The summed E-state index contributed by atoms with van der Waals surface area (Å²) >= 11 is 0. The quantitative estimate of drug-likeness (QED) is 0.717. The summed E-state index contributed by atoms with van der Waals surface area (Å²) in [7, 11) is 1.40. The summed E-state index contributed by atoms with van der Waals surface area (Å²) in [4.78, 5) is 26.2. The average Bonchev–Trinajstić information content (AvgIpc) is 2.62. The number of carbonyl (C=O) groups excluding carboxylic acids is 2. The smallest absolute Gasteiger partial charge is 0.307 e. The molecule has 2 rings (SSSR count). The van der Waals surface area contributed by atoms with Crippen LogP contribution in [0.5, 0.6) is 0 Å². The van der Waals surface area contributed by atoms with Gasteiger partial charge in [0.1, 0.15) is 0 Å². The Morgan fingerprint density at radius 2 is 1.75 bits per heavy atom. The number of methoxy groups -OCH3 is 1. The summed E-state index contributed by atoms with van der Waals surface area (Å²) in [6.07, 6.45) is 7.23. The third-order valence-corrected chi connectivity index (χ3v) is 4.87. The lowest BCUT2D eigenvalue weighted by atomic mass is 9.93. The molecule has 4 nitrogen and oxygen atoms in total. The molecular formula is C20H29NO3. The third kappa shape index (κ3) is 5.66. The molecule has 0 saturated heterocycles. The molecule has 0 aliphatic heterocycles. The lowest BCUT2D eigenvalue weighted by Gasteiger charge is -2.34. The Kier molecular flexibility index (Phi) is 7.29. The molecule has 0 radical (unpaired) electrons. The second-order valence-corrected chi connectivity index (χ2v) is 6.69. The first-order valence-electron chi connectivity index (χ1n) is 9.02. The van der Waals surface area contributed by atoms with E-state index >= 15 is 0 Å². The molecular weight excluding hydrogens is 302 g/mol. The Morgan fingerprint density at radius 1 is 1.08 bits per heavy atom. The first kappa shape index (κ1) is 18.5. The summed E-state index contributed by atoms with van der Waals surface area (Å²) in [5.74, 6) is -0.0893. The van der Waals surface area contributed by atoms with Crippen LogP contribution in [0.4, 0.5) is 0 Å². The monoisotopic (exact) mass is 331 g/mol. The van der Waals surface area contributed by atoms with Crippen molar-refractivity contribution in [1.29, 1.82) is 0 Å². The highest BCUT2D eigenvalue weighted by atomic mass is 16.5. The van der Waals surface area contributed by atoms with Gasteiger partial charge in [-0.1, -0.05) is 49.1 Å². The molecule has 0 aromatic heterocycles. The molecule has 1 saturated carbocycles. The van der Waals surface area contributed by atoms with E-state index in [1.165, 1.54) is 37.5 Å². The van der Waals surface area contributed by atoms with E-state index in [4.69, 9.17) is 4.74 Å². The molecule has 0 bridgehead atoms. The van der Waals surface area contributed by atoms with Crippen LogP contribution in [-0.2, 0) is 20.7 Å². The van der Waals surface area contributed by atoms with E-state index in [0.29, 0.717) is 13.0 Å². The van der Waals surface area contributed by atoms with Gasteiger partial charge >= 0.3 is 5.97 Å². The van der Waals surface area contributed by atoms with Gasteiger partial charge in [0, 0.05) is 19.0 Å². The van der Waals surface area contributed by atoms with Crippen molar-refractivity contribution in [3.8, 4) is 0 Å². The van der Waals surface area contributed by atoms with E-state index in [-0.39, 0.29) is 24.3 Å². The van der Waals surface area contributed by atoms with Crippen molar-refractivity contribution in [2.45, 2.75) is 64.3 Å². The Hall–Kier alpha value is -1.84. The first-order chi connectivity index (χ1) is 11.6. The highest BCUT2D eigenvalue weighted by molar-refractivity contribution is 5.78. The van der Waals surface area contributed by atoms with Gasteiger partial charge in [0.05, 0.1) is 13.5 Å². The van der Waals surface area contributed by atoms with Crippen molar-refractivity contribution in [3.05, 3.63) is 35.4 Å². The van der Waals surface area contributed by atoms with Crippen LogP contribution in [0.15, 0.2) is 24.3 Å². The lowest BCUT2D eigenvalue weighted by Crippen LogP contribution is -2.42. The van der Waals surface area contributed by atoms with Gasteiger partial charge in [-0.05, 0) is 31.7 Å². The zero-order valence-electron chi connectivity index (χ0n) is 14.9. The summed E-state index contributed by atoms with van der Waals surface area (Å²) < 4.78 is 4.73. The van der Waals surface area contributed by atoms with Gasteiger partial charge < -0.3 is 9.64 Å². The van der Waals surface area contributed by atoms with Crippen molar-refractivity contribution in [2.24, 2.45) is 0 Å². The SMILES string of the molecule is COC(=O)CCN(C(=O)CCc1ccc(C)cc1)C1CCCCC1. The minimum atomic E-state index is -0.248. The molecule has 4 heteroatoms. The summed E-state index contributed by atoms with van der Waals surface area (Å²) in [5.41, 5.74) is 2.41. The van der Waals surface area contributed by atoms with Gasteiger partial charge in [-0.3, -0.25) is 9.59 Å². The maximum Gasteiger partial charge on any atom is 0.307 e. The zero-order valence-corrected chi connectivity index (χ0v) is 14.9. The van der Waals surface area contributed by atoms with E-state index in [0.717, 1.165) is 19.3 Å². The number of esters is 1. The summed E-state index contributed by atoms with van der Waals surface area (Å²) in [5, 5.41) is 0. The molecule has 1 aliphatic carbocycles. The maximum atomic E-state index is 12.8. The van der Waals surface area contributed by atoms with Crippen molar-refractivity contribution in [1.82, 2.24) is 4.90 Å². The molecule has 0 N–H and O–H groups in total. The minimum Gasteiger partial charge on any atom is -0.469 e. The largest absolute Gasteiger partial charge is 0.469 e. The van der Waals surface area contributed by atoms with E-state index in [1.807, 2.05) is 4.90 Å². The first-order valence-corrected chi connectivity index (χ1v) is 9.02. The Bertz CT molecular complexity index is 532. The fraction of sp³-hybridized carbons (Fsp3) is 0.600. The topological polar surface area (TPSA) is 46.6 Å². The van der Waals surface area contributed by atoms with Crippen LogP contribution >= 0.6 is 0 Å². The fourth-order valence-electron chi connectivity index (χ4n) is 3.37. The molecule has 132 valence electrons. The average molecular weight is 331 g/mol. The Labute approximate surface area is 145 Å². The van der Waals surface area contributed by atoms with Crippen LogP contribution < -0.4 is 0 Å². The predicted octanol–water partition coefficient (Wildman–Crippen LogP) is 3.65. The van der Waals surface area contributed by atoms with E-state index < -0.39 is 0 Å². The number of hydrogen-bond donors (Lipinski definition) is 0. The van der Waals surface area contributed by atoms with Crippen LogP contribution in [0.1, 0.15) is 56.1 Å². The highest BCUT2D eigenvalue weighted by Crippen LogP contribution is 2.24. The molecule has 1 aromatic carbocycles. The molecule has 0 heterocycles. The Morgan fingerprint density at radius 3 is 2.38 bits per heavy atom. The van der Waals surface area contributed by atoms with E-state index in [2.05, 4.69) is 31.2 Å². The molecule has 24 heavy (non-hydrogen) atoms. The minimum absolute atomic E-state index is 0.159. The molecule has 0 spiro atoms. The van der Waals surface area contributed by atoms with Crippen LogP contribution in [0.2, 0.25) is 0 Å². The number of aryl methyl sites for hydroxylation is 2. The van der Waals surface area contributed by atoms with Gasteiger partial charge in [0.2, 0.25) is 5.91 Å². The number of amides is 1. The summed E-state index contributed by atoms with van der Waals surface area (Å²) in [6, 6.07) is 8.62. The standard InChI is InChI=1S/C20H29NO3/c1-16-8-10-17(11-9-16)12-13-19(22)21(15-14-20(23)24-2)18-6-4-3-5-7-18/h8-11,18H,3-7,12-15H2,1-2H3. The Balaban J connectivity index is 1.94. The van der Waals surface area contributed by atoms with E-state index in [1.54, 1.807) is 0 Å². The molecule has 0 atom stereocenters. The number of nitrogens with zero attached hydrogens (tertiary/aromatic N) is 1. The second kappa shape index (κ2) is 9.45. The number of rotatable bonds is 7. The number of carbonyl (C=O) groups is 2. The lowest BCUT2D eigenvalue weighted by molar-refractivity contribution is -0.142. The van der Waals surface area contributed by atoms with Gasteiger partial charge in [-0.15, -0.1) is 0 Å². The third-order valence-electron chi connectivity index (χ3n) is 4.87. The van der Waals surface area contributed by atoms with Crippen LogP contribution in [-0.4, -0.2) is 36.5 Å².